The van der Waals surface area contributed by atoms with Crippen molar-refractivity contribution in [1.29, 1.82) is 0 Å². The highest BCUT2D eigenvalue weighted by Crippen LogP contribution is 2.31. The minimum absolute atomic E-state index is 0.250. The fraction of sp³-hybridized carbons (Fsp3) is 0.125. The average molecular weight is 309 g/mol. The maximum absolute atomic E-state index is 12.3. The second-order valence-electron chi connectivity index (χ2n) is 4.87. The number of hydrogen-bond donors (Lipinski definition) is 1. The van der Waals surface area contributed by atoms with Crippen LogP contribution in [0.1, 0.15) is 16.1 Å². The largest absolute Gasteiger partial charge is 0.436 e. The second kappa shape index (κ2) is 6.27. The van der Waals surface area contributed by atoms with Crippen molar-refractivity contribution in [1.82, 2.24) is 19.7 Å². The van der Waals surface area contributed by atoms with Crippen LogP contribution in [0.4, 0.5) is 5.69 Å². The van der Waals surface area contributed by atoms with Crippen molar-refractivity contribution in [3.63, 3.8) is 0 Å². The molecular formula is C16H15N5O2. The van der Waals surface area contributed by atoms with Crippen LogP contribution >= 0.6 is 0 Å². The summed E-state index contributed by atoms with van der Waals surface area (Å²) in [7, 11) is 1.75. The van der Waals surface area contributed by atoms with Crippen molar-refractivity contribution < 1.29 is 9.53 Å². The van der Waals surface area contributed by atoms with Gasteiger partial charge in [0.2, 0.25) is 5.88 Å². The smallest absolute Gasteiger partial charge is 0.255 e. The number of carbonyl (C=O) groups excluding carboxylic acids is 1. The van der Waals surface area contributed by atoms with Gasteiger partial charge in [0.1, 0.15) is 11.4 Å². The number of nitrogens with one attached hydrogen (secondary N) is 1. The van der Waals surface area contributed by atoms with Gasteiger partial charge in [0.25, 0.3) is 5.91 Å². The zero-order valence-corrected chi connectivity index (χ0v) is 12.7. The Bertz CT molecular complexity index is 815. The Morgan fingerprint density at radius 2 is 1.96 bits per heavy atom. The van der Waals surface area contributed by atoms with Crippen molar-refractivity contribution in [3.05, 3.63) is 60.3 Å². The second-order valence-corrected chi connectivity index (χ2v) is 4.87. The van der Waals surface area contributed by atoms with Crippen LogP contribution in [0.15, 0.2) is 49.1 Å². The molecular weight excluding hydrogens is 294 g/mol. The third-order valence-corrected chi connectivity index (χ3v) is 3.20. The minimum Gasteiger partial charge on any atom is -0.436 e. The normalized spacial score (nSPS) is 10.3. The highest BCUT2D eigenvalue weighted by Gasteiger charge is 2.18. The van der Waals surface area contributed by atoms with Crippen LogP contribution in [-0.4, -0.2) is 25.7 Å². The van der Waals surface area contributed by atoms with Crippen LogP contribution in [-0.2, 0) is 7.05 Å². The Morgan fingerprint density at radius 1 is 1.17 bits per heavy atom. The van der Waals surface area contributed by atoms with Gasteiger partial charge >= 0.3 is 0 Å². The summed E-state index contributed by atoms with van der Waals surface area (Å²) in [6.45, 7) is 1.80. The van der Waals surface area contributed by atoms with Crippen molar-refractivity contribution in [2.45, 2.75) is 6.92 Å². The Labute approximate surface area is 133 Å². The summed E-state index contributed by atoms with van der Waals surface area (Å²) >= 11 is 0. The summed E-state index contributed by atoms with van der Waals surface area (Å²) in [6, 6.07) is 6.84. The summed E-state index contributed by atoms with van der Waals surface area (Å²) < 4.78 is 7.38. The number of anilines is 1. The standard InChI is InChI=1S/C16H15N5O2/c1-11-14(19-15(22)12-5-8-17-9-6-12)16(21(2)20-11)23-13-4-3-7-18-10-13/h3-10H,1-2H3,(H,19,22). The van der Waals surface area contributed by atoms with Crippen molar-refractivity contribution in [3.8, 4) is 11.6 Å². The van der Waals surface area contributed by atoms with Crippen molar-refractivity contribution in [2.24, 2.45) is 7.05 Å². The molecule has 0 aliphatic carbocycles. The van der Waals surface area contributed by atoms with Crippen LogP contribution in [0.25, 0.3) is 0 Å². The molecule has 3 aromatic rings. The van der Waals surface area contributed by atoms with E-state index in [9.17, 15) is 4.79 Å². The quantitative estimate of drug-likeness (QED) is 0.801. The first-order chi connectivity index (χ1) is 11.1. The molecule has 0 radical (unpaired) electrons. The zero-order chi connectivity index (χ0) is 16.2. The van der Waals surface area contributed by atoms with Crippen molar-refractivity contribution in [2.75, 3.05) is 5.32 Å². The van der Waals surface area contributed by atoms with Gasteiger partial charge in [-0.2, -0.15) is 5.10 Å². The van der Waals surface area contributed by atoms with Gasteiger partial charge in [0.05, 0.1) is 11.9 Å². The number of aromatic nitrogens is 4. The molecule has 0 bridgehead atoms. The minimum atomic E-state index is -0.250. The molecule has 116 valence electrons. The van der Waals surface area contributed by atoms with E-state index in [1.165, 1.54) is 0 Å². The first-order valence-electron chi connectivity index (χ1n) is 6.98. The maximum atomic E-state index is 12.3. The van der Waals surface area contributed by atoms with Gasteiger partial charge in [0, 0.05) is 31.2 Å². The molecule has 0 fully saturated rings. The number of aryl methyl sites for hydroxylation is 2. The molecule has 0 aromatic carbocycles. The fourth-order valence-corrected chi connectivity index (χ4v) is 2.11. The molecule has 0 spiro atoms. The predicted octanol–water partition coefficient (Wildman–Crippen LogP) is 2.56. The van der Waals surface area contributed by atoms with E-state index in [1.54, 1.807) is 67.7 Å². The van der Waals surface area contributed by atoms with Gasteiger partial charge in [-0.25, -0.2) is 4.68 Å². The number of pyridine rings is 2. The Kier molecular flexibility index (Phi) is 4.01. The molecule has 23 heavy (non-hydrogen) atoms. The topological polar surface area (TPSA) is 81.9 Å². The number of ether oxygens (including phenoxy) is 1. The molecule has 1 N–H and O–H groups in total. The van der Waals surface area contributed by atoms with Gasteiger partial charge in [-0.05, 0) is 31.2 Å². The summed E-state index contributed by atoms with van der Waals surface area (Å²) in [5.41, 5.74) is 1.70. The molecule has 7 heteroatoms. The third-order valence-electron chi connectivity index (χ3n) is 3.20. The lowest BCUT2D eigenvalue weighted by molar-refractivity contribution is 0.102. The summed E-state index contributed by atoms with van der Waals surface area (Å²) in [4.78, 5) is 20.2. The molecule has 0 aliphatic rings. The van der Waals surface area contributed by atoms with E-state index in [4.69, 9.17) is 4.74 Å². The van der Waals surface area contributed by atoms with E-state index in [0.717, 1.165) is 0 Å². The first kappa shape index (κ1) is 14.7. The van der Waals surface area contributed by atoms with E-state index in [0.29, 0.717) is 28.6 Å². The van der Waals surface area contributed by atoms with Crippen LogP contribution < -0.4 is 10.1 Å². The van der Waals surface area contributed by atoms with E-state index in [1.807, 2.05) is 0 Å². The number of rotatable bonds is 4. The predicted molar refractivity (Wildman–Crippen MR) is 84.4 cm³/mol. The molecule has 1 amide bonds. The molecule has 3 heterocycles. The summed E-state index contributed by atoms with van der Waals surface area (Å²) in [5, 5.41) is 7.14. The molecule has 0 saturated heterocycles. The number of hydrogen-bond acceptors (Lipinski definition) is 5. The highest BCUT2D eigenvalue weighted by molar-refractivity contribution is 6.05. The van der Waals surface area contributed by atoms with Gasteiger partial charge in [-0.3, -0.25) is 14.8 Å². The molecule has 7 nitrogen and oxygen atoms in total. The fourth-order valence-electron chi connectivity index (χ4n) is 2.11. The van der Waals surface area contributed by atoms with E-state index in [2.05, 4.69) is 20.4 Å². The van der Waals surface area contributed by atoms with E-state index < -0.39 is 0 Å². The third kappa shape index (κ3) is 3.18. The van der Waals surface area contributed by atoms with Crippen LogP contribution in [0.2, 0.25) is 0 Å². The Hall–Kier alpha value is -3.22. The lowest BCUT2D eigenvalue weighted by Crippen LogP contribution is -2.13. The Morgan fingerprint density at radius 3 is 2.65 bits per heavy atom. The zero-order valence-electron chi connectivity index (χ0n) is 12.7. The number of carbonyl (C=O) groups is 1. The molecule has 0 aliphatic heterocycles. The summed E-state index contributed by atoms with van der Waals surface area (Å²) in [5.74, 6) is 0.757. The van der Waals surface area contributed by atoms with Crippen LogP contribution in [0.3, 0.4) is 0 Å². The van der Waals surface area contributed by atoms with Gasteiger partial charge < -0.3 is 10.1 Å². The molecule has 3 rings (SSSR count). The molecule has 0 unspecified atom stereocenters. The van der Waals surface area contributed by atoms with E-state index >= 15 is 0 Å². The first-order valence-corrected chi connectivity index (χ1v) is 6.98. The van der Waals surface area contributed by atoms with Gasteiger partial charge in [0.15, 0.2) is 0 Å². The van der Waals surface area contributed by atoms with Crippen LogP contribution in [0, 0.1) is 6.92 Å². The molecule has 0 saturated carbocycles. The highest BCUT2D eigenvalue weighted by atomic mass is 16.5. The molecule has 0 atom stereocenters. The lowest BCUT2D eigenvalue weighted by atomic mass is 10.2. The Balaban J connectivity index is 1.89. The van der Waals surface area contributed by atoms with Crippen molar-refractivity contribution >= 4 is 11.6 Å². The van der Waals surface area contributed by atoms with Crippen LogP contribution in [0.5, 0.6) is 11.6 Å². The average Bonchev–Trinajstić information content (AvgIpc) is 2.83. The number of amides is 1. The van der Waals surface area contributed by atoms with E-state index in [-0.39, 0.29) is 5.91 Å². The monoisotopic (exact) mass is 309 g/mol. The SMILES string of the molecule is Cc1nn(C)c(Oc2cccnc2)c1NC(=O)c1ccncc1. The summed E-state index contributed by atoms with van der Waals surface area (Å²) in [6.07, 6.45) is 6.39. The van der Waals surface area contributed by atoms with Gasteiger partial charge in [-0.15, -0.1) is 0 Å². The van der Waals surface area contributed by atoms with Gasteiger partial charge in [-0.1, -0.05) is 0 Å². The maximum Gasteiger partial charge on any atom is 0.255 e. The number of nitrogens with zero attached hydrogens (tertiary/aromatic N) is 4. The lowest BCUT2D eigenvalue weighted by Gasteiger charge is -2.09. The molecule has 3 aromatic heterocycles.